The Bertz CT molecular complexity index is 637. The fourth-order valence-electron chi connectivity index (χ4n) is 1.95. The van der Waals surface area contributed by atoms with Crippen molar-refractivity contribution in [1.82, 2.24) is 19.7 Å². The average molecular weight is 269 g/mol. The van der Waals surface area contributed by atoms with Crippen molar-refractivity contribution in [2.75, 3.05) is 13.1 Å². The quantitative estimate of drug-likeness (QED) is 0.845. The number of pyridine rings is 1. The van der Waals surface area contributed by atoms with E-state index in [1.807, 2.05) is 19.9 Å². The number of carbonyl (C=O) groups excluding carboxylic acids is 1. The van der Waals surface area contributed by atoms with E-state index >= 15 is 0 Å². The summed E-state index contributed by atoms with van der Waals surface area (Å²) in [6, 6.07) is 7.36. The Hall–Kier alpha value is -2.68. The van der Waals surface area contributed by atoms with Crippen LogP contribution in [0, 0.1) is 11.3 Å². The van der Waals surface area contributed by atoms with Crippen LogP contribution in [0.2, 0.25) is 0 Å². The molecule has 2 aromatic rings. The van der Waals surface area contributed by atoms with Gasteiger partial charge in [0.15, 0.2) is 11.5 Å². The molecule has 0 aliphatic carbocycles. The second kappa shape index (κ2) is 5.97. The smallest absolute Gasteiger partial charge is 0.258 e. The highest BCUT2D eigenvalue weighted by molar-refractivity contribution is 5.96. The van der Waals surface area contributed by atoms with Crippen molar-refractivity contribution in [3.05, 3.63) is 41.9 Å². The second-order valence-electron chi connectivity index (χ2n) is 4.10. The maximum atomic E-state index is 12.3. The van der Waals surface area contributed by atoms with Gasteiger partial charge in [0, 0.05) is 19.3 Å². The second-order valence-corrected chi connectivity index (χ2v) is 4.10. The number of hydrogen-bond donors (Lipinski definition) is 0. The molecule has 0 aliphatic heterocycles. The standard InChI is InChI=1S/C14H15N5O/c1-3-18(4-2)14(20)11-10-17-19(12(11)9-15)13-7-5-6-8-16-13/h5-8,10H,3-4H2,1-2H3. The summed E-state index contributed by atoms with van der Waals surface area (Å²) >= 11 is 0. The normalized spacial score (nSPS) is 10.1. The fourth-order valence-corrected chi connectivity index (χ4v) is 1.95. The van der Waals surface area contributed by atoms with Gasteiger partial charge in [-0.1, -0.05) is 6.07 Å². The van der Waals surface area contributed by atoms with Crippen molar-refractivity contribution in [1.29, 1.82) is 5.26 Å². The van der Waals surface area contributed by atoms with Crippen molar-refractivity contribution in [2.45, 2.75) is 13.8 Å². The van der Waals surface area contributed by atoms with Crippen LogP contribution < -0.4 is 0 Å². The number of amides is 1. The van der Waals surface area contributed by atoms with Crippen molar-refractivity contribution in [3.8, 4) is 11.9 Å². The van der Waals surface area contributed by atoms with Crippen LogP contribution in [0.1, 0.15) is 29.9 Å². The van der Waals surface area contributed by atoms with Gasteiger partial charge in [0.2, 0.25) is 0 Å². The molecule has 0 aromatic carbocycles. The number of rotatable bonds is 4. The summed E-state index contributed by atoms with van der Waals surface area (Å²) < 4.78 is 1.39. The molecule has 2 aromatic heterocycles. The monoisotopic (exact) mass is 269 g/mol. The topological polar surface area (TPSA) is 74.8 Å². The molecule has 0 unspecified atom stereocenters. The summed E-state index contributed by atoms with van der Waals surface area (Å²) in [5.41, 5.74) is 0.516. The molecule has 0 fully saturated rings. The zero-order valence-corrected chi connectivity index (χ0v) is 11.4. The molecule has 2 rings (SSSR count). The van der Waals surface area contributed by atoms with Gasteiger partial charge in [0.1, 0.15) is 6.07 Å². The molecule has 102 valence electrons. The number of aromatic nitrogens is 3. The Morgan fingerprint density at radius 3 is 2.70 bits per heavy atom. The maximum absolute atomic E-state index is 12.3. The molecule has 0 N–H and O–H groups in total. The molecule has 0 saturated heterocycles. The van der Waals surface area contributed by atoms with Crippen LogP contribution in [-0.2, 0) is 0 Å². The fraction of sp³-hybridized carbons (Fsp3) is 0.286. The van der Waals surface area contributed by atoms with E-state index in [9.17, 15) is 10.1 Å². The molecule has 0 aliphatic rings. The highest BCUT2D eigenvalue weighted by Gasteiger charge is 2.21. The molecule has 0 spiro atoms. The van der Waals surface area contributed by atoms with Gasteiger partial charge in [-0.15, -0.1) is 0 Å². The first-order valence-corrected chi connectivity index (χ1v) is 6.41. The number of hydrogen-bond acceptors (Lipinski definition) is 4. The van der Waals surface area contributed by atoms with Crippen LogP contribution in [0.25, 0.3) is 5.82 Å². The summed E-state index contributed by atoms with van der Waals surface area (Å²) in [5, 5.41) is 13.4. The number of nitrogens with zero attached hydrogens (tertiary/aromatic N) is 5. The zero-order chi connectivity index (χ0) is 14.5. The van der Waals surface area contributed by atoms with Gasteiger partial charge < -0.3 is 4.90 Å². The molecule has 0 atom stereocenters. The van der Waals surface area contributed by atoms with Gasteiger partial charge >= 0.3 is 0 Å². The molecule has 20 heavy (non-hydrogen) atoms. The molecule has 0 saturated carbocycles. The highest BCUT2D eigenvalue weighted by atomic mass is 16.2. The average Bonchev–Trinajstić information content (AvgIpc) is 2.93. The van der Waals surface area contributed by atoms with E-state index in [-0.39, 0.29) is 11.6 Å². The third-order valence-corrected chi connectivity index (χ3v) is 3.02. The minimum Gasteiger partial charge on any atom is -0.339 e. The first kappa shape index (κ1) is 13.7. The Morgan fingerprint density at radius 1 is 1.40 bits per heavy atom. The SMILES string of the molecule is CCN(CC)C(=O)c1cnn(-c2ccccn2)c1C#N. The van der Waals surface area contributed by atoms with Gasteiger partial charge in [-0.2, -0.15) is 10.4 Å². The zero-order valence-electron chi connectivity index (χ0n) is 11.4. The lowest BCUT2D eigenvalue weighted by atomic mass is 10.2. The van der Waals surface area contributed by atoms with Crippen LogP contribution in [0.4, 0.5) is 0 Å². The first-order valence-electron chi connectivity index (χ1n) is 6.41. The van der Waals surface area contributed by atoms with Crippen molar-refractivity contribution < 1.29 is 4.79 Å². The predicted molar refractivity (Wildman–Crippen MR) is 73.3 cm³/mol. The Morgan fingerprint density at radius 2 is 2.15 bits per heavy atom. The van der Waals surface area contributed by atoms with E-state index in [4.69, 9.17) is 0 Å². The van der Waals surface area contributed by atoms with Crippen LogP contribution in [0.5, 0.6) is 0 Å². The molecule has 0 radical (unpaired) electrons. The molecular weight excluding hydrogens is 254 g/mol. The Labute approximate surface area is 117 Å². The van der Waals surface area contributed by atoms with E-state index in [0.29, 0.717) is 24.5 Å². The van der Waals surface area contributed by atoms with Crippen LogP contribution >= 0.6 is 0 Å². The Balaban J connectivity index is 2.46. The van der Waals surface area contributed by atoms with Gasteiger partial charge in [-0.25, -0.2) is 9.67 Å². The maximum Gasteiger partial charge on any atom is 0.258 e. The van der Waals surface area contributed by atoms with E-state index in [0.717, 1.165) is 0 Å². The first-order chi connectivity index (χ1) is 9.72. The summed E-state index contributed by atoms with van der Waals surface area (Å²) in [4.78, 5) is 18.1. The highest BCUT2D eigenvalue weighted by Crippen LogP contribution is 2.14. The third-order valence-electron chi connectivity index (χ3n) is 3.02. The van der Waals surface area contributed by atoms with Gasteiger partial charge in [-0.3, -0.25) is 4.79 Å². The lowest BCUT2D eigenvalue weighted by Gasteiger charge is -2.17. The van der Waals surface area contributed by atoms with E-state index < -0.39 is 0 Å². The van der Waals surface area contributed by atoms with Crippen LogP contribution in [0.3, 0.4) is 0 Å². The third kappa shape index (κ3) is 2.38. The number of carbonyl (C=O) groups is 1. The summed E-state index contributed by atoms with van der Waals surface area (Å²) in [6.45, 7) is 4.98. The molecule has 2 heterocycles. The minimum absolute atomic E-state index is 0.186. The molecular formula is C14H15N5O. The molecule has 1 amide bonds. The molecule has 6 nitrogen and oxygen atoms in total. The minimum atomic E-state index is -0.186. The van der Waals surface area contributed by atoms with E-state index in [2.05, 4.69) is 10.1 Å². The van der Waals surface area contributed by atoms with E-state index in [1.54, 1.807) is 29.3 Å². The lowest BCUT2D eigenvalue weighted by molar-refractivity contribution is 0.0772. The molecule has 6 heteroatoms. The van der Waals surface area contributed by atoms with Crippen LogP contribution in [0.15, 0.2) is 30.6 Å². The number of nitriles is 1. The largest absolute Gasteiger partial charge is 0.339 e. The predicted octanol–water partition coefficient (Wildman–Crippen LogP) is 1.62. The summed E-state index contributed by atoms with van der Waals surface area (Å²) in [6.07, 6.45) is 3.04. The van der Waals surface area contributed by atoms with Gasteiger partial charge in [0.05, 0.1) is 11.8 Å². The Kier molecular flexibility index (Phi) is 4.11. The summed E-state index contributed by atoms with van der Waals surface area (Å²) in [7, 11) is 0. The van der Waals surface area contributed by atoms with Crippen LogP contribution in [-0.4, -0.2) is 38.7 Å². The lowest BCUT2D eigenvalue weighted by Crippen LogP contribution is -2.30. The van der Waals surface area contributed by atoms with Crippen molar-refractivity contribution >= 4 is 5.91 Å². The summed E-state index contributed by atoms with van der Waals surface area (Å²) in [5.74, 6) is 0.330. The van der Waals surface area contributed by atoms with E-state index in [1.165, 1.54) is 10.9 Å². The molecule has 0 bridgehead atoms. The van der Waals surface area contributed by atoms with Crippen molar-refractivity contribution in [2.24, 2.45) is 0 Å². The van der Waals surface area contributed by atoms with Gasteiger partial charge in [-0.05, 0) is 26.0 Å². The van der Waals surface area contributed by atoms with Crippen molar-refractivity contribution in [3.63, 3.8) is 0 Å². The van der Waals surface area contributed by atoms with Gasteiger partial charge in [0.25, 0.3) is 5.91 Å².